The second kappa shape index (κ2) is 7.29. The van der Waals surface area contributed by atoms with E-state index in [1.807, 2.05) is 42.5 Å². The average molecular weight is 264 g/mol. The summed E-state index contributed by atoms with van der Waals surface area (Å²) in [6.07, 6.45) is 5.72. The van der Waals surface area contributed by atoms with Crippen LogP contribution in [0.3, 0.4) is 0 Å². The molecule has 0 aliphatic carbocycles. The first kappa shape index (κ1) is 14.1. The van der Waals surface area contributed by atoms with Crippen molar-refractivity contribution < 1.29 is 4.84 Å². The summed E-state index contributed by atoms with van der Waals surface area (Å²) in [6.45, 7) is 6.29. The van der Waals surface area contributed by atoms with Gasteiger partial charge in [0.2, 0.25) is 0 Å². The molecule has 0 heterocycles. The Morgan fingerprint density at radius 3 is 2.65 bits per heavy atom. The van der Waals surface area contributed by atoms with Crippen molar-refractivity contribution in [2.45, 2.75) is 20.0 Å². The van der Waals surface area contributed by atoms with Crippen molar-refractivity contribution in [3.8, 4) is 0 Å². The molecule has 0 aromatic heterocycles. The molecule has 101 valence electrons. The maximum absolute atomic E-state index is 5.26. The predicted molar refractivity (Wildman–Crippen MR) is 83.7 cm³/mol. The summed E-state index contributed by atoms with van der Waals surface area (Å²) in [4.78, 5) is 5.26. The molecule has 0 aliphatic heterocycles. The zero-order chi connectivity index (χ0) is 14.2. The monoisotopic (exact) mass is 264 g/mol. The zero-order valence-electron chi connectivity index (χ0n) is 11.7. The molecule has 2 nitrogen and oxygen atoms in total. The predicted octanol–water partition coefficient (Wildman–Crippen LogP) is 4.32. The van der Waals surface area contributed by atoms with Crippen LogP contribution in [0.15, 0.2) is 60.3 Å². The minimum Gasteiger partial charge on any atom is -0.390 e. The average Bonchev–Trinajstić information content (AvgIpc) is 2.52. The normalized spacial score (nSPS) is 10.7. The van der Waals surface area contributed by atoms with Crippen LogP contribution in [0, 0.1) is 0 Å². The van der Waals surface area contributed by atoms with Crippen molar-refractivity contribution in [1.82, 2.24) is 0 Å². The smallest absolute Gasteiger partial charge is 0.142 e. The quantitative estimate of drug-likeness (QED) is 0.562. The highest BCUT2D eigenvalue weighted by atomic mass is 16.6. The van der Waals surface area contributed by atoms with Crippen molar-refractivity contribution in [3.05, 3.63) is 77.4 Å². The summed E-state index contributed by atoms with van der Waals surface area (Å²) < 4.78 is 0. The van der Waals surface area contributed by atoms with Crippen LogP contribution in [0.25, 0.3) is 6.08 Å². The van der Waals surface area contributed by atoms with Gasteiger partial charge in [0.15, 0.2) is 0 Å². The summed E-state index contributed by atoms with van der Waals surface area (Å²) in [6, 6.07) is 16.1. The molecule has 0 fully saturated rings. The molecule has 2 aromatic carbocycles. The fraction of sp³-hybridized carbons (Fsp3) is 0.167. The maximum Gasteiger partial charge on any atom is 0.142 e. The maximum atomic E-state index is 5.26. The van der Waals surface area contributed by atoms with Gasteiger partial charge in [0.05, 0.1) is 0 Å². The molecule has 0 saturated heterocycles. The molecule has 0 amide bonds. The molecule has 0 saturated carbocycles. The van der Waals surface area contributed by atoms with Crippen LogP contribution in [0.2, 0.25) is 0 Å². The van der Waals surface area contributed by atoms with Crippen molar-refractivity contribution in [2.24, 2.45) is 5.16 Å². The Morgan fingerprint density at radius 2 is 1.95 bits per heavy atom. The first-order valence-electron chi connectivity index (χ1n) is 6.70. The summed E-state index contributed by atoms with van der Waals surface area (Å²) >= 11 is 0. The Morgan fingerprint density at radius 1 is 1.15 bits per heavy atom. The molecular formula is C18H18NO. The van der Waals surface area contributed by atoms with E-state index >= 15 is 0 Å². The van der Waals surface area contributed by atoms with Gasteiger partial charge >= 0.3 is 0 Å². The fourth-order valence-electron chi connectivity index (χ4n) is 1.80. The van der Waals surface area contributed by atoms with E-state index < -0.39 is 0 Å². The first-order valence-corrected chi connectivity index (χ1v) is 6.70. The Bertz CT molecular complexity index is 585. The van der Waals surface area contributed by atoms with Gasteiger partial charge in [0.25, 0.3) is 0 Å². The highest BCUT2D eigenvalue weighted by Gasteiger charge is 1.94. The minimum atomic E-state index is 0.442. The Labute approximate surface area is 120 Å². The molecule has 0 N–H and O–H groups in total. The molecule has 0 spiro atoms. The van der Waals surface area contributed by atoms with Gasteiger partial charge in [-0.1, -0.05) is 67.2 Å². The standard InChI is InChI=1S/C18H18NO/c1-3-15-8-10-17(11-9-15)14-20-19-13-18-7-5-6-16(4-2)12-18/h3,5-12H,1,4,14H2,2H3. The Kier molecular flexibility index (Phi) is 5.13. The van der Waals surface area contributed by atoms with Gasteiger partial charge in [0.1, 0.15) is 12.8 Å². The summed E-state index contributed by atoms with van der Waals surface area (Å²) in [5, 5.41) is 3.88. The lowest BCUT2D eigenvalue weighted by molar-refractivity contribution is 0.132. The number of benzene rings is 2. The Balaban J connectivity index is 1.87. The number of hydrogen-bond donors (Lipinski definition) is 0. The Hall–Kier alpha value is -2.35. The summed E-state index contributed by atoms with van der Waals surface area (Å²) in [5.41, 5.74) is 4.38. The second-order valence-electron chi connectivity index (χ2n) is 4.48. The van der Waals surface area contributed by atoms with E-state index in [0.717, 1.165) is 23.1 Å². The summed E-state index contributed by atoms with van der Waals surface area (Å²) in [5.74, 6) is 0. The van der Waals surface area contributed by atoms with E-state index in [4.69, 9.17) is 4.84 Å². The van der Waals surface area contributed by atoms with Gasteiger partial charge in [-0.25, -0.2) is 0 Å². The molecule has 0 bridgehead atoms. The SMILES string of the molecule is C=Cc1ccc(CO/N=[C]\c2cccc(CC)c2)cc1. The van der Waals surface area contributed by atoms with E-state index in [9.17, 15) is 0 Å². The van der Waals surface area contributed by atoms with Crippen LogP contribution >= 0.6 is 0 Å². The molecule has 2 heteroatoms. The zero-order valence-corrected chi connectivity index (χ0v) is 11.7. The molecule has 0 atom stereocenters. The van der Waals surface area contributed by atoms with Crippen LogP contribution < -0.4 is 0 Å². The summed E-state index contributed by atoms with van der Waals surface area (Å²) in [7, 11) is 0. The highest BCUT2D eigenvalue weighted by molar-refractivity contribution is 5.79. The van der Waals surface area contributed by atoms with E-state index in [2.05, 4.69) is 37.0 Å². The van der Waals surface area contributed by atoms with E-state index in [-0.39, 0.29) is 0 Å². The third kappa shape index (κ3) is 4.09. The highest BCUT2D eigenvalue weighted by Crippen LogP contribution is 2.07. The largest absolute Gasteiger partial charge is 0.390 e. The molecule has 20 heavy (non-hydrogen) atoms. The van der Waals surface area contributed by atoms with Gasteiger partial charge in [-0.05, 0) is 29.2 Å². The number of hydrogen-bond acceptors (Lipinski definition) is 2. The van der Waals surface area contributed by atoms with Crippen LogP contribution in [-0.4, -0.2) is 6.21 Å². The van der Waals surface area contributed by atoms with Crippen molar-refractivity contribution in [2.75, 3.05) is 0 Å². The molecular weight excluding hydrogens is 246 g/mol. The van der Waals surface area contributed by atoms with E-state index in [1.165, 1.54) is 5.56 Å². The van der Waals surface area contributed by atoms with Gasteiger partial charge in [0, 0.05) is 5.56 Å². The molecule has 0 aliphatic rings. The third-order valence-electron chi connectivity index (χ3n) is 3.02. The number of aryl methyl sites for hydroxylation is 1. The van der Waals surface area contributed by atoms with Gasteiger partial charge < -0.3 is 4.84 Å². The molecule has 2 rings (SSSR count). The van der Waals surface area contributed by atoms with Crippen LogP contribution in [0.5, 0.6) is 0 Å². The van der Waals surface area contributed by atoms with Crippen LogP contribution in [-0.2, 0) is 17.9 Å². The van der Waals surface area contributed by atoms with Crippen LogP contribution in [0.4, 0.5) is 0 Å². The lowest BCUT2D eigenvalue weighted by Gasteiger charge is -2.01. The fourth-order valence-corrected chi connectivity index (χ4v) is 1.80. The van der Waals surface area contributed by atoms with Crippen molar-refractivity contribution >= 4 is 12.3 Å². The van der Waals surface area contributed by atoms with Crippen molar-refractivity contribution in [3.63, 3.8) is 0 Å². The topological polar surface area (TPSA) is 21.6 Å². The van der Waals surface area contributed by atoms with Gasteiger partial charge in [-0.2, -0.15) is 0 Å². The minimum absolute atomic E-state index is 0.442. The van der Waals surface area contributed by atoms with E-state index in [0.29, 0.717) is 6.61 Å². The van der Waals surface area contributed by atoms with Gasteiger partial charge in [-0.15, -0.1) is 0 Å². The second-order valence-corrected chi connectivity index (χ2v) is 4.48. The molecule has 1 radical (unpaired) electrons. The third-order valence-corrected chi connectivity index (χ3v) is 3.02. The van der Waals surface area contributed by atoms with Crippen LogP contribution in [0.1, 0.15) is 29.2 Å². The lowest BCUT2D eigenvalue weighted by Crippen LogP contribution is -1.89. The number of nitrogens with zero attached hydrogens (tertiary/aromatic N) is 1. The molecule has 2 aromatic rings. The first-order chi connectivity index (χ1) is 9.81. The van der Waals surface area contributed by atoms with Crippen molar-refractivity contribution in [1.29, 1.82) is 0 Å². The lowest BCUT2D eigenvalue weighted by atomic mass is 10.1. The van der Waals surface area contributed by atoms with E-state index in [1.54, 1.807) is 0 Å². The number of rotatable bonds is 6. The van der Waals surface area contributed by atoms with Gasteiger partial charge in [-0.3, -0.25) is 0 Å². The molecule has 0 unspecified atom stereocenters.